The van der Waals surface area contributed by atoms with Crippen molar-refractivity contribution in [2.45, 2.75) is 32.6 Å². The van der Waals surface area contributed by atoms with E-state index in [1.54, 1.807) is 0 Å². The summed E-state index contributed by atoms with van der Waals surface area (Å²) in [5.74, 6) is 0.181. The van der Waals surface area contributed by atoms with Gasteiger partial charge in [-0.05, 0) is 55.0 Å². The van der Waals surface area contributed by atoms with Crippen LogP contribution < -0.4 is 4.74 Å². The van der Waals surface area contributed by atoms with Crippen LogP contribution in [0.15, 0.2) is 60.2 Å². The van der Waals surface area contributed by atoms with Crippen molar-refractivity contribution in [1.82, 2.24) is 4.90 Å². The van der Waals surface area contributed by atoms with Crippen molar-refractivity contribution >= 4 is 11.5 Å². The van der Waals surface area contributed by atoms with Crippen LogP contribution in [0.2, 0.25) is 0 Å². The van der Waals surface area contributed by atoms with Gasteiger partial charge in [0.2, 0.25) is 0 Å². The van der Waals surface area contributed by atoms with Crippen LogP contribution in [-0.2, 0) is 11.2 Å². The van der Waals surface area contributed by atoms with Crippen LogP contribution >= 0.6 is 0 Å². The maximum atomic E-state index is 10.8. The Kier molecular flexibility index (Phi) is 7.26. The molecule has 3 rings (SSSR count). The van der Waals surface area contributed by atoms with Crippen molar-refractivity contribution in [3.8, 4) is 5.75 Å². The van der Waals surface area contributed by atoms with Crippen LogP contribution in [0.3, 0.4) is 0 Å². The summed E-state index contributed by atoms with van der Waals surface area (Å²) in [6.07, 6.45) is 3.20. The zero-order valence-corrected chi connectivity index (χ0v) is 16.6. The molecular formula is C24H29NO3. The number of benzene rings is 2. The number of carbonyl (C=O) groups is 1. The summed E-state index contributed by atoms with van der Waals surface area (Å²) in [5, 5.41) is 8.85. The van der Waals surface area contributed by atoms with Gasteiger partial charge < -0.3 is 9.84 Å². The van der Waals surface area contributed by atoms with Crippen molar-refractivity contribution in [2.75, 3.05) is 26.2 Å². The van der Waals surface area contributed by atoms with Crippen LogP contribution in [0.5, 0.6) is 5.75 Å². The first-order chi connectivity index (χ1) is 13.6. The molecule has 0 saturated carbocycles. The molecule has 1 aliphatic heterocycles. The van der Waals surface area contributed by atoms with Crippen molar-refractivity contribution < 1.29 is 14.6 Å². The predicted molar refractivity (Wildman–Crippen MR) is 113 cm³/mol. The van der Waals surface area contributed by atoms with Crippen molar-refractivity contribution in [2.24, 2.45) is 0 Å². The molecule has 0 saturated heterocycles. The molecular weight excluding hydrogens is 350 g/mol. The lowest BCUT2D eigenvalue weighted by Crippen LogP contribution is -2.32. The number of hydrogen-bond acceptors (Lipinski definition) is 3. The molecule has 0 radical (unpaired) electrons. The zero-order chi connectivity index (χ0) is 19.8. The summed E-state index contributed by atoms with van der Waals surface area (Å²) < 4.78 is 5.89. The lowest BCUT2D eigenvalue weighted by Gasteiger charge is -2.29. The largest absolute Gasteiger partial charge is 0.494 e. The van der Waals surface area contributed by atoms with Gasteiger partial charge in [-0.2, -0.15) is 0 Å². The van der Waals surface area contributed by atoms with Crippen molar-refractivity contribution in [3.63, 3.8) is 0 Å². The fraction of sp³-hybridized carbons (Fsp3) is 0.375. The molecule has 4 nitrogen and oxygen atoms in total. The average Bonchev–Trinajstić information content (AvgIpc) is 2.71. The molecule has 4 heteroatoms. The average molecular weight is 380 g/mol. The summed E-state index contributed by atoms with van der Waals surface area (Å²) in [7, 11) is 0. The standard InChI is InChI=1S/C24H29NO3/c1-19-18-25(16-14-24(26)27)15-13-23(19)21-9-11-22(12-10-21)28-17-5-8-20-6-3-2-4-7-20/h2-4,6-7,9-12H,5,8,13-18H2,1H3,(H,26,27). The van der Waals surface area contributed by atoms with Gasteiger partial charge in [-0.15, -0.1) is 0 Å². The molecule has 0 fully saturated rings. The molecule has 0 aliphatic carbocycles. The van der Waals surface area contributed by atoms with E-state index in [2.05, 4.69) is 60.4 Å². The molecule has 0 atom stereocenters. The normalized spacial score (nSPS) is 14.9. The maximum Gasteiger partial charge on any atom is 0.304 e. The number of aliphatic carboxylic acids is 1. The number of nitrogens with zero attached hydrogens (tertiary/aromatic N) is 1. The molecule has 0 spiro atoms. The summed E-state index contributed by atoms with van der Waals surface area (Å²) in [6, 6.07) is 18.9. The van der Waals surface area contributed by atoms with Gasteiger partial charge in [0.05, 0.1) is 13.0 Å². The number of rotatable bonds is 9. The molecule has 2 aromatic carbocycles. The van der Waals surface area contributed by atoms with Crippen molar-refractivity contribution in [1.29, 1.82) is 0 Å². The summed E-state index contributed by atoms with van der Waals surface area (Å²) in [5.41, 5.74) is 5.29. The molecule has 2 aromatic rings. The van der Waals surface area contributed by atoms with Gasteiger partial charge in [0.15, 0.2) is 0 Å². The molecule has 0 bridgehead atoms. The Bertz CT molecular complexity index is 796. The van der Waals surface area contributed by atoms with Crippen LogP contribution in [0.25, 0.3) is 5.57 Å². The Balaban J connectivity index is 1.48. The molecule has 0 amide bonds. The monoisotopic (exact) mass is 379 g/mol. The quantitative estimate of drug-likeness (QED) is 0.644. The lowest BCUT2D eigenvalue weighted by atomic mass is 9.94. The Labute approximate surface area is 167 Å². The van der Waals surface area contributed by atoms with Gasteiger partial charge in [-0.3, -0.25) is 9.69 Å². The van der Waals surface area contributed by atoms with E-state index in [-0.39, 0.29) is 6.42 Å². The minimum atomic E-state index is -0.730. The topological polar surface area (TPSA) is 49.8 Å². The van der Waals surface area contributed by atoms with Gasteiger partial charge in [0.25, 0.3) is 0 Å². The van der Waals surface area contributed by atoms with E-state index in [1.165, 1.54) is 22.3 Å². The lowest BCUT2D eigenvalue weighted by molar-refractivity contribution is -0.137. The second-order valence-electron chi connectivity index (χ2n) is 7.39. The fourth-order valence-electron chi connectivity index (χ4n) is 3.69. The summed E-state index contributed by atoms with van der Waals surface area (Å²) in [6.45, 7) is 5.25. The second kappa shape index (κ2) is 10.1. The zero-order valence-electron chi connectivity index (χ0n) is 16.6. The molecule has 28 heavy (non-hydrogen) atoms. The Morgan fingerprint density at radius 1 is 1.11 bits per heavy atom. The summed E-state index contributed by atoms with van der Waals surface area (Å²) in [4.78, 5) is 13.0. The minimum absolute atomic E-state index is 0.207. The van der Waals surface area contributed by atoms with Crippen LogP contribution in [0.4, 0.5) is 0 Å². The van der Waals surface area contributed by atoms with Gasteiger partial charge >= 0.3 is 5.97 Å². The van der Waals surface area contributed by atoms with E-state index in [4.69, 9.17) is 9.84 Å². The van der Waals surface area contributed by atoms with E-state index in [0.717, 1.165) is 38.1 Å². The molecule has 1 aliphatic rings. The third-order valence-corrected chi connectivity index (χ3v) is 5.22. The highest BCUT2D eigenvalue weighted by atomic mass is 16.5. The van der Waals surface area contributed by atoms with E-state index in [0.29, 0.717) is 13.2 Å². The van der Waals surface area contributed by atoms with Crippen LogP contribution in [-0.4, -0.2) is 42.2 Å². The Morgan fingerprint density at radius 2 is 1.86 bits per heavy atom. The fourth-order valence-corrected chi connectivity index (χ4v) is 3.69. The first kappa shape index (κ1) is 20.2. The minimum Gasteiger partial charge on any atom is -0.494 e. The third-order valence-electron chi connectivity index (χ3n) is 5.22. The van der Waals surface area contributed by atoms with E-state index >= 15 is 0 Å². The smallest absolute Gasteiger partial charge is 0.304 e. The van der Waals surface area contributed by atoms with Gasteiger partial charge in [0.1, 0.15) is 5.75 Å². The highest BCUT2D eigenvalue weighted by molar-refractivity contribution is 5.70. The number of ether oxygens (including phenoxy) is 1. The number of carboxylic acid groups (broad SMARTS) is 1. The van der Waals surface area contributed by atoms with Crippen LogP contribution in [0, 0.1) is 0 Å². The first-order valence-electron chi connectivity index (χ1n) is 10.0. The van der Waals surface area contributed by atoms with Gasteiger partial charge in [0, 0.05) is 19.6 Å². The molecule has 148 valence electrons. The number of aryl methyl sites for hydroxylation is 1. The summed E-state index contributed by atoms with van der Waals surface area (Å²) >= 11 is 0. The van der Waals surface area contributed by atoms with Gasteiger partial charge in [-0.25, -0.2) is 0 Å². The SMILES string of the molecule is CC1=C(c2ccc(OCCCc3ccccc3)cc2)CCN(CCC(=O)O)C1. The van der Waals surface area contributed by atoms with E-state index < -0.39 is 5.97 Å². The van der Waals surface area contributed by atoms with E-state index in [1.807, 2.05) is 6.07 Å². The third kappa shape index (κ3) is 5.96. The highest BCUT2D eigenvalue weighted by Gasteiger charge is 2.18. The van der Waals surface area contributed by atoms with Crippen LogP contribution in [0.1, 0.15) is 37.3 Å². The number of hydrogen-bond donors (Lipinski definition) is 1. The Hall–Kier alpha value is -2.59. The first-order valence-corrected chi connectivity index (χ1v) is 10.0. The molecule has 1 heterocycles. The Morgan fingerprint density at radius 3 is 2.54 bits per heavy atom. The number of carboxylic acids is 1. The second-order valence-corrected chi connectivity index (χ2v) is 7.39. The van der Waals surface area contributed by atoms with E-state index in [9.17, 15) is 4.79 Å². The predicted octanol–water partition coefficient (Wildman–Crippen LogP) is 4.65. The molecule has 0 unspecified atom stereocenters. The molecule has 0 aromatic heterocycles. The van der Waals surface area contributed by atoms with Gasteiger partial charge in [-0.1, -0.05) is 48.0 Å². The van der Waals surface area contributed by atoms with Crippen molar-refractivity contribution in [3.05, 3.63) is 71.3 Å². The molecule has 1 N–H and O–H groups in total. The maximum absolute atomic E-state index is 10.8. The highest BCUT2D eigenvalue weighted by Crippen LogP contribution is 2.28.